The Labute approximate surface area is 114 Å². The molecule has 1 unspecified atom stereocenters. The number of aliphatic hydroxyl groups is 1. The Bertz CT molecular complexity index is 229. The minimum Gasteiger partial charge on any atom is -0.395 e. The van der Waals surface area contributed by atoms with Crippen molar-refractivity contribution >= 4 is 0 Å². The van der Waals surface area contributed by atoms with E-state index in [1.54, 1.807) is 0 Å². The average Bonchev–Trinajstić information content (AvgIpc) is 2.36. The zero-order valence-corrected chi connectivity index (χ0v) is 13.0. The van der Waals surface area contributed by atoms with Crippen LogP contribution in [0.5, 0.6) is 0 Å². The van der Waals surface area contributed by atoms with E-state index in [1.807, 2.05) is 0 Å². The minimum atomic E-state index is 0.262. The van der Waals surface area contributed by atoms with Crippen molar-refractivity contribution in [1.29, 1.82) is 0 Å². The third kappa shape index (κ3) is 4.24. The molecule has 1 fully saturated rings. The lowest BCUT2D eigenvalue weighted by molar-refractivity contribution is 0.122. The molecule has 0 heterocycles. The van der Waals surface area contributed by atoms with E-state index in [-0.39, 0.29) is 12.6 Å². The summed E-state index contributed by atoms with van der Waals surface area (Å²) in [5.74, 6) is 1.40. The lowest BCUT2D eigenvalue weighted by Gasteiger charge is -2.40. The van der Waals surface area contributed by atoms with Crippen molar-refractivity contribution in [3.05, 3.63) is 0 Å². The van der Waals surface area contributed by atoms with Gasteiger partial charge >= 0.3 is 0 Å². The van der Waals surface area contributed by atoms with Crippen LogP contribution in [0, 0.1) is 17.3 Å². The quantitative estimate of drug-likeness (QED) is 0.760. The van der Waals surface area contributed by atoms with E-state index in [0.717, 1.165) is 5.92 Å². The molecule has 2 N–H and O–H groups in total. The van der Waals surface area contributed by atoms with Gasteiger partial charge in [0.15, 0.2) is 0 Å². The second-order valence-corrected chi connectivity index (χ2v) is 7.09. The van der Waals surface area contributed by atoms with Gasteiger partial charge in [-0.1, -0.05) is 41.0 Å². The van der Waals surface area contributed by atoms with Crippen LogP contribution in [0.3, 0.4) is 0 Å². The van der Waals surface area contributed by atoms with Gasteiger partial charge < -0.3 is 10.4 Å². The second kappa shape index (κ2) is 6.91. The molecule has 1 aliphatic carbocycles. The van der Waals surface area contributed by atoms with Crippen LogP contribution >= 0.6 is 0 Å². The lowest BCUT2D eigenvalue weighted by atomic mass is 9.69. The Hall–Kier alpha value is -0.0800. The molecule has 0 radical (unpaired) electrons. The topological polar surface area (TPSA) is 32.3 Å². The highest BCUT2D eigenvalue weighted by Gasteiger charge is 2.32. The Balaban J connectivity index is 2.40. The molecule has 108 valence electrons. The molecular formula is C16H33NO. The Morgan fingerprint density at radius 3 is 2.11 bits per heavy atom. The first-order valence-electron chi connectivity index (χ1n) is 7.77. The van der Waals surface area contributed by atoms with Crippen LogP contribution in [0.4, 0.5) is 0 Å². The monoisotopic (exact) mass is 255 g/mol. The molecule has 1 saturated carbocycles. The zero-order valence-electron chi connectivity index (χ0n) is 13.0. The number of rotatable bonds is 6. The van der Waals surface area contributed by atoms with Crippen LogP contribution in [-0.2, 0) is 0 Å². The van der Waals surface area contributed by atoms with E-state index < -0.39 is 0 Å². The Kier molecular flexibility index (Phi) is 6.13. The molecule has 2 nitrogen and oxygen atoms in total. The summed E-state index contributed by atoms with van der Waals surface area (Å²) in [7, 11) is 0. The van der Waals surface area contributed by atoms with Crippen molar-refractivity contribution in [2.75, 3.05) is 6.61 Å². The molecule has 0 aromatic rings. The van der Waals surface area contributed by atoms with Gasteiger partial charge in [-0.05, 0) is 42.9 Å². The zero-order chi connectivity index (χ0) is 13.8. The standard InChI is InChI=1S/C16H33NO/c1-6-16(4,5)13-7-9-14(10-8-13)17-15(11-18)12(2)3/h12-15,17-18H,6-11H2,1-5H3. The smallest absolute Gasteiger partial charge is 0.0587 e. The van der Waals surface area contributed by atoms with Crippen LogP contribution in [0.2, 0.25) is 0 Å². The van der Waals surface area contributed by atoms with E-state index >= 15 is 0 Å². The van der Waals surface area contributed by atoms with Gasteiger partial charge in [-0.2, -0.15) is 0 Å². The summed E-state index contributed by atoms with van der Waals surface area (Å²) >= 11 is 0. The maximum atomic E-state index is 9.38. The minimum absolute atomic E-state index is 0.262. The highest BCUT2D eigenvalue weighted by molar-refractivity contribution is 4.86. The predicted octanol–water partition coefficient (Wildman–Crippen LogP) is 3.59. The molecule has 1 aliphatic rings. The molecule has 0 spiro atoms. The first-order chi connectivity index (χ1) is 8.40. The average molecular weight is 255 g/mol. The Morgan fingerprint density at radius 1 is 1.17 bits per heavy atom. The van der Waals surface area contributed by atoms with Crippen molar-refractivity contribution in [2.24, 2.45) is 17.3 Å². The molecule has 0 aromatic carbocycles. The first kappa shape index (κ1) is 16.0. The van der Waals surface area contributed by atoms with E-state index in [2.05, 4.69) is 39.9 Å². The van der Waals surface area contributed by atoms with Crippen molar-refractivity contribution < 1.29 is 5.11 Å². The second-order valence-electron chi connectivity index (χ2n) is 7.09. The SMILES string of the molecule is CCC(C)(C)C1CCC(NC(CO)C(C)C)CC1. The van der Waals surface area contributed by atoms with Gasteiger partial charge in [0.2, 0.25) is 0 Å². The molecule has 0 bridgehead atoms. The van der Waals surface area contributed by atoms with E-state index in [4.69, 9.17) is 0 Å². The highest BCUT2D eigenvalue weighted by Crippen LogP contribution is 2.40. The van der Waals surface area contributed by atoms with Crippen LogP contribution in [0.1, 0.15) is 66.7 Å². The highest BCUT2D eigenvalue weighted by atomic mass is 16.3. The molecule has 2 heteroatoms. The van der Waals surface area contributed by atoms with E-state index in [0.29, 0.717) is 17.4 Å². The van der Waals surface area contributed by atoms with Crippen molar-refractivity contribution in [3.63, 3.8) is 0 Å². The fourth-order valence-electron chi connectivity index (χ4n) is 3.09. The molecule has 0 aromatic heterocycles. The van der Waals surface area contributed by atoms with E-state index in [9.17, 15) is 5.11 Å². The van der Waals surface area contributed by atoms with Crippen molar-refractivity contribution in [1.82, 2.24) is 5.32 Å². The normalized spacial score (nSPS) is 27.5. The van der Waals surface area contributed by atoms with Crippen LogP contribution in [0.25, 0.3) is 0 Å². The number of hydrogen-bond donors (Lipinski definition) is 2. The van der Waals surface area contributed by atoms with Gasteiger partial charge in [0, 0.05) is 12.1 Å². The molecule has 18 heavy (non-hydrogen) atoms. The summed E-state index contributed by atoms with van der Waals surface area (Å²) in [5.41, 5.74) is 0.499. The van der Waals surface area contributed by atoms with Crippen LogP contribution < -0.4 is 5.32 Å². The summed E-state index contributed by atoms with van der Waals surface area (Å²) in [6.45, 7) is 11.8. The number of nitrogens with one attached hydrogen (secondary N) is 1. The van der Waals surface area contributed by atoms with E-state index in [1.165, 1.54) is 32.1 Å². The number of aliphatic hydroxyl groups excluding tert-OH is 1. The van der Waals surface area contributed by atoms with Gasteiger partial charge in [-0.3, -0.25) is 0 Å². The van der Waals surface area contributed by atoms with Gasteiger partial charge in [0.05, 0.1) is 6.61 Å². The summed E-state index contributed by atoms with van der Waals surface area (Å²) in [5, 5.41) is 13.0. The van der Waals surface area contributed by atoms with Crippen molar-refractivity contribution in [2.45, 2.75) is 78.8 Å². The summed E-state index contributed by atoms with van der Waals surface area (Å²) < 4.78 is 0. The largest absolute Gasteiger partial charge is 0.395 e. The predicted molar refractivity (Wildman–Crippen MR) is 78.7 cm³/mol. The van der Waals surface area contributed by atoms with Gasteiger partial charge in [-0.15, -0.1) is 0 Å². The van der Waals surface area contributed by atoms with Crippen molar-refractivity contribution in [3.8, 4) is 0 Å². The molecule has 0 amide bonds. The summed E-state index contributed by atoms with van der Waals surface area (Å²) in [4.78, 5) is 0. The molecule has 1 rings (SSSR count). The lowest BCUT2D eigenvalue weighted by Crippen LogP contribution is -2.46. The van der Waals surface area contributed by atoms with Crippen LogP contribution in [-0.4, -0.2) is 23.8 Å². The first-order valence-corrected chi connectivity index (χ1v) is 7.77. The third-order valence-corrected chi connectivity index (χ3v) is 5.19. The molecule has 1 atom stereocenters. The number of hydrogen-bond acceptors (Lipinski definition) is 2. The van der Waals surface area contributed by atoms with Gasteiger partial charge in [0.1, 0.15) is 0 Å². The maximum absolute atomic E-state index is 9.38. The summed E-state index contributed by atoms with van der Waals surface area (Å²) in [6.07, 6.45) is 6.51. The summed E-state index contributed by atoms with van der Waals surface area (Å²) in [6, 6.07) is 0.888. The fourth-order valence-corrected chi connectivity index (χ4v) is 3.09. The Morgan fingerprint density at radius 2 is 1.72 bits per heavy atom. The molecule has 0 aliphatic heterocycles. The molecular weight excluding hydrogens is 222 g/mol. The fraction of sp³-hybridized carbons (Fsp3) is 1.00. The third-order valence-electron chi connectivity index (χ3n) is 5.19. The van der Waals surface area contributed by atoms with Gasteiger partial charge in [0.25, 0.3) is 0 Å². The molecule has 0 saturated heterocycles. The van der Waals surface area contributed by atoms with Crippen LogP contribution in [0.15, 0.2) is 0 Å². The van der Waals surface area contributed by atoms with Gasteiger partial charge in [-0.25, -0.2) is 0 Å². The maximum Gasteiger partial charge on any atom is 0.0587 e.